The van der Waals surface area contributed by atoms with Gasteiger partial charge in [-0.2, -0.15) is 0 Å². The van der Waals surface area contributed by atoms with Gasteiger partial charge in [0.25, 0.3) is 0 Å². The Balaban J connectivity index is -0.0000000711. The van der Waals surface area contributed by atoms with Gasteiger partial charge in [-0.25, -0.2) is 0 Å². The van der Waals surface area contributed by atoms with Crippen LogP contribution in [0.25, 0.3) is 0 Å². The first-order chi connectivity index (χ1) is 9.07. The topological polar surface area (TPSA) is 80.9 Å². The largest absolute Gasteiger partial charge is 0.431 e. The maximum absolute atomic E-state index is 10.4. The number of hydrogen-bond acceptors (Lipinski definition) is 4. The Kier molecular flexibility index (Phi) is 37.1. The maximum Gasteiger partial charge on any atom is 0.196 e. The summed E-state index contributed by atoms with van der Waals surface area (Å²) in [5, 5.41) is 22.7. The second-order valence-electron chi connectivity index (χ2n) is 5.30. The van der Waals surface area contributed by atoms with Gasteiger partial charge in [0.1, 0.15) is 0 Å². The molecule has 0 aliphatic heterocycles. The third-order valence-corrected chi connectivity index (χ3v) is 8.32. The van der Waals surface area contributed by atoms with Crippen molar-refractivity contribution in [2.24, 2.45) is 0 Å². The Morgan fingerprint density at radius 3 is 0.714 bits per heavy atom. The van der Waals surface area contributed by atoms with Crippen LogP contribution in [-0.2, 0) is 26.2 Å². The summed E-state index contributed by atoms with van der Waals surface area (Å²) in [7, 11) is -1.98. The smallest absolute Gasteiger partial charge is 0.196 e. The minimum absolute atomic E-state index is 0. The zero-order chi connectivity index (χ0) is 17.4. The molecule has 0 saturated heterocycles. The summed E-state index contributed by atoms with van der Waals surface area (Å²) in [4.78, 5) is 10.4. The van der Waals surface area contributed by atoms with E-state index in [1.165, 1.54) is 0 Å². The van der Waals surface area contributed by atoms with Gasteiger partial charge in [0.15, 0.2) is 8.32 Å². The molecule has 21 heavy (non-hydrogen) atoms. The summed E-state index contributed by atoms with van der Waals surface area (Å²) in [5.41, 5.74) is 1.42. The van der Waals surface area contributed by atoms with Gasteiger partial charge in [-0.1, -0.05) is 41.5 Å². The van der Waals surface area contributed by atoms with Crippen LogP contribution in [0.5, 0.6) is 0 Å². The third-order valence-electron chi connectivity index (χ3n) is 2.77. The molecule has 0 radical (unpaired) electrons. The van der Waals surface area contributed by atoms with Crippen molar-refractivity contribution < 1.29 is 46.3 Å². The maximum atomic E-state index is 10.4. The molecule has 0 saturated carbocycles. The number of rotatable bonds is 3. The molecule has 0 spiro atoms. The van der Waals surface area contributed by atoms with Gasteiger partial charge in [0, 0.05) is 46.0 Å². The van der Waals surface area contributed by atoms with Crippen molar-refractivity contribution in [3.8, 4) is 0 Å². The molecular weight excluding hydrogens is 363 g/mol. The first kappa shape index (κ1) is 33.5. The Labute approximate surface area is 153 Å². The molecule has 132 valence electrons. The fourth-order valence-electron chi connectivity index (χ4n) is 2.00. The SMILES string of the molecule is CC(C)[Si](O)(C(C)C)C(C)C.CCO.CCO.CCO.[Zr]. The van der Waals surface area contributed by atoms with Gasteiger partial charge in [-0.05, 0) is 37.4 Å². The molecule has 0 fully saturated rings. The minimum atomic E-state index is -1.98. The van der Waals surface area contributed by atoms with E-state index < -0.39 is 8.32 Å². The van der Waals surface area contributed by atoms with Crippen LogP contribution < -0.4 is 0 Å². The molecule has 0 aromatic carbocycles. The standard InChI is InChI=1S/C9H22OSi.3C2H6O.Zr/c1-7(2)11(10,8(3)4)9(5)6;3*1-2-3;/h7-10H,1-6H3;3*3H,2H2,1H3;. The van der Waals surface area contributed by atoms with Gasteiger partial charge >= 0.3 is 0 Å². The molecule has 0 bridgehead atoms. The van der Waals surface area contributed by atoms with Crippen LogP contribution in [-0.4, -0.2) is 48.3 Å². The van der Waals surface area contributed by atoms with E-state index in [9.17, 15) is 4.80 Å². The van der Waals surface area contributed by atoms with Crippen LogP contribution in [0.2, 0.25) is 16.6 Å². The monoisotopic (exact) mass is 402 g/mol. The normalized spacial score (nSPS) is 9.71. The molecule has 6 heteroatoms. The Morgan fingerprint density at radius 1 is 0.619 bits per heavy atom. The average molecular weight is 404 g/mol. The second kappa shape index (κ2) is 23.2. The quantitative estimate of drug-likeness (QED) is 0.546. The second-order valence-corrected chi connectivity index (χ2v) is 10.5. The molecule has 0 aromatic rings. The van der Waals surface area contributed by atoms with E-state index in [2.05, 4.69) is 41.5 Å². The van der Waals surface area contributed by atoms with Crippen LogP contribution in [0.3, 0.4) is 0 Å². The van der Waals surface area contributed by atoms with Crippen LogP contribution in [0.1, 0.15) is 62.3 Å². The van der Waals surface area contributed by atoms with E-state index in [4.69, 9.17) is 15.3 Å². The molecule has 4 nitrogen and oxygen atoms in total. The summed E-state index contributed by atoms with van der Waals surface area (Å²) in [5.74, 6) is 0. The van der Waals surface area contributed by atoms with E-state index in [1.807, 2.05) is 0 Å². The third kappa shape index (κ3) is 20.9. The van der Waals surface area contributed by atoms with Gasteiger partial charge in [0.2, 0.25) is 0 Å². The molecular formula is C15H40O4SiZr. The molecule has 0 amide bonds. The van der Waals surface area contributed by atoms with Crippen molar-refractivity contribution in [1.82, 2.24) is 0 Å². The Morgan fingerprint density at radius 2 is 0.714 bits per heavy atom. The Bertz CT molecular complexity index is 141. The molecule has 0 rings (SSSR count). The van der Waals surface area contributed by atoms with Crippen molar-refractivity contribution in [3.63, 3.8) is 0 Å². The number of hydrogen-bond donors (Lipinski definition) is 4. The van der Waals surface area contributed by atoms with E-state index in [0.29, 0.717) is 16.6 Å². The summed E-state index contributed by atoms with van der Waals surface area (Å²) in [6.45, 7) is 18.7. The van der Waals surface area contributed by atoms with Gasteiger partial charge in [-0.3, -0.25) is 0 Å². The average Bonchev–Trinajstić information content (AvgIpc) is 2.30. The molecule has 0 aromatic heterocycles. The van der Waals surface area contributed by atoms with Crippen LogP contribution >= 0.6 is 0 Å². The number of aliphatic hydroxyl groups excluding tert-OH is 3. The fourth-order valence-corrected chi connectivity index (χ4v) is 6.00. The fraction of sp³-hybridized carbons (Fsp3) is 1.00. The van der Waals surface area contributed by atoms with E-state index in [-0.39, 0.29) is 46.0 Å². The summed E-state index contributed by atoms with van der Waals surface area (Å²) >= 11 is 0. The van der Waals surface area contributed by atoms with Crippen LogP contribution in [0, 0.1) is 0 Å². The van der Waals surface area contributed by atoms with Crippen LogP contribution in [0.15, 0.2) is 0 Å². The van der Waals surface area contributed by atoms with E-state index >= 15 is 0 Å². The molecule has 0 heterocycles. The Hall–Kier alpha value is 0.940. The molecule has 4 N–H and O–H groups in total. The van der Waals surface area contributed by atoms with Crippen molar-refractivity contribution in [3.05, 3.63) is 0 Å². The first-order valence-corrected chi connectivity index (χ1v) is 9.80. The van der Waals surface area contributed by atoms with Crippen LogP contribution in [0.4, 0.5) is 0 Å². The summed E-state index contributed by atoms with van der Waals surface area (Å²) < 4.78 is 0. The van der Waals surface area contributed by atoms with Gasteiger partial charge < -0.3 is 20.1 Å². The molecule has 0 aliphatic rings. The zero-order valence-electron chi connectivity index (χ0n) is 15.6. The summed E-state index contributed by atoms with van der Waals surface area (Å²) in [6, 6.07) is 0. The van der Waals surface area contributed by atoms with Gasteiger partial charge in [-0.15, -0.1) is 0 Å². The van der Waals surface area contributed by atoms with E-state index in [1.54, 1.807) is 20.8 Å². The molecule has 0 unspecified atom stereocenters. The van der Waals surface area contributed by atoms with Crippen molar-refractivity contribution in [2.45, 2.75) is 78.9 Å². The number of aliphatic hydroxyl groups is 3. The zero-order valence-corrected chi connectivity index (χ0v) is 19.1. The van der Waals surface area contributed by atoms with Crippen molar-refractivity contribution >= 4 is 8.32 Å². The molecule has 0 atom stereocenters. The molecule has 0 aliphatic carbocycles. The minimum Gasteiger partial charge on any atom is -0.431 e. The van der Waals surface area contributed by atoms with Gasteiger partial charge in [0.05, 0.1) is 0 Å². The summed E-state index contributed by atoms with van der Waals surface area (Å²) in [6.07, 6.45) is 0. The predicted molar refractivity (Wildman–Crippen MR) is 91.5 cm³/mol. The predicted octanol–water partition coefficient (Wildman–Crippen LogP) is 3.15. The van der Waals surface area contributed by atoms with Crippen molar-refractivity contribution in [1.29, 1.82) is 0 Å². The van der Waals surface area contributed by atoms with E-state index in [0.717, 1.165) is 0 Å². The van der Waals surface area contributed by atoms with Crippen molar-refractivity contribution in [2.75, 3.05) is 19.8 Å². The first-order valence-electron chi connectivity index (χ1n) is 7.62.